The molecule has 0 N–H and O–H groups in total. The summed E-state index contributed by atoms with van der Waals surface area (Å²) in [5, 5.41) is 0. The Morgan fingerprint density at radius 1 is 0.778 bits per heavy atom. The average Bonchev–Trinajstić information content (AvgIpc) is 2.40. The molecule has 110 valence electrons. The number of unbranched alkanes of at least 4 members (excludes halogenated alkanes) is 6. The Hall–Kier alpha value is -0.0800. The standard InChI is InChI=1S/C16H34O2/c1-4-6-7-8-9-10-11-13-16(5-2)18-15-12-14-17-3/h16H,4-15H2,1-3H3. The average molecular weight is 258 g/mol. The molecule has 18 heavy (non-hydrogen) atoms. The molecule has 1 atom stereocenters. The first-order chi connectivity index (χ1) is 8.85. The first kappa shape index (κ1) is 17.9. The van der Waals surface area contributed by atoms with E-state index in [1.54, 1.807) is 7.11 Å². The lowest BCUT2D eigenvalue weighted by atomic mass is 10.1. The molecular formula is C16H34O2. The number of hydrogen-bond donors (Lipinski definition) is 0. The predicted molar refractivity (Wildman–Crippen MR) is 79.1 cm³/mol. The third kappa shape index (κ3) is 12.4. The van der Waals surface area contributed by atoms with Gasteiger partial charge in [0.05, 0.1) is 6.10 Å². The van der Waals surface area contributed by atoms with Crippen LogP contribution in [0.1, 0.15) is 78.1 Å². The fourth-order valence-electron chi connectivity index (χ4n) is 2.19. The summed E-state index contributed by atoms with van der Waals surface area (Å²) in [5.74, 6) is 0. The molecule has 0 aliphatic rings. The Labute approximate surface area is 114 Å². The van der Waals surface area contributed by atoms with E-state index in [1.165, 1.54) is 51.4 Å². The van der Waals surface area contributed by atoms with Gasteiger partial charge in [-0.2, -0.15) is 0 Å². The van der Waals surface area contributed by atoms with Crippen molar-refractivity contribution in [3.8, 4) is 0 Å². The van der Waals surface area contributed by atoms with E-state index in [0.29, 0.717) is 6.10 Å². The van der Waals surface area contributed by atoms with Gasteiger partial charge in [-0.1, -0.05) is 58.8 Å². The van der Waals surface area contributed by atoms with Gasteiger partial charge >= 0.3 is 0 Å². The predicted octanol–water partition coefficient (Wildman–Crippen LogP) is 4.96. The lowest BCUT2D eigenvalue weighted by Crippen LogP contribution is -2.13. The normalized spacial score (nSPS) is 12.8. The topological polar surface area (TPSA) is 18.5 Å². The van der Waals surface area contributed by atoms with Crippen LogP contribution in [0.2, 0.25) is 0 Å². The van der Waals surface area contributed by atoms with Crippen LogP contribution in [0, 0.1) is 0 Å². The van der Waals surface area contributed by atoms with Crippen LogP contribution in [0.4, 0.5) is 0 Å². The molecule has 0 amide bonds. The number of ether oxygens (including phenoxy) is 2. The van der Waals surface area contributed by atoms with Crippen molar-refractivity contribution < 1.29 is 9.47 Å². The lowest BCUT2D eigenvalue weighted by molar-refractivity contribution is 0.0310. The van der Waals surface area contributed by atoms with E-state index in [1.807, 2.05) is 0 Å². The zero-order chi connectivity index (χ0) is 13.5. The van der Waals surface area contributed by atoms with Crippen molar-refractivity contribution in [3.05, 3.63) is 0 Å². The second-order valence-corrected chi connectivity index (χ2v) is 5.16. The maximum atomic E-state index is 5.86. The van der Waals surface area contributed by atoms with E-state index in [0.717, 1.165) is 26.1 Å². The molecule has 0 saturated carbocycles. The molecule has 0 saturated heterocycles. The second-order valence-electron chi connectivity index (χ2n) is 5.16. The Kier molecular flexibility index (Phi) is 14.9. The molecule has 2 heteroatoms. The number of hydrogen-bond acceptors (Lipinski definition) is 2. The van der Waals surface area contributed by atoms with Crippen LogP contribution in [-0.2, 0) is 9.47 Å². The zero-order valence-electron chi connectivity index (χ0n) is 12.9. The van der Waals surface area contributed by atoms with Crippen molar-refractivity contribution in [2.75, 3.05) is 20.3 Å². The summed E-state index contributed by atoms with van der Waals surface area (Å²) in [7, 11) is 1.75. The van der Waals surface area contributed by atoms with Gasteiger partial charge in [-0.15, -0.1) is 0 Å². The van der Waals surface area contributed by atoms with E-state index in [2.05, 4.69) is 13.8 Å². The maximum Gasteiger partial charge on any atom is 0.0572 e. The SMILES string of the molecule is CCCCCCCCCC(CC)OCCCOC. The van der Waals surface area contributed by atoms with Crippen molar-refractivity contribution >= 4 is 0 Å². The van der Waals surface area contributed by atoms with Gasteiger partial charge in [-0.05, 0) is 19.3 Å². The Morgan fingerprint density at radius 2 is 1.44 bits per heavy atom. The lowest BCUT2D eigenvalue weighted by Gasteiger charge is -2.15. The fraction of sp³-hybridized carbons (Fsp3) is 1.00. The van der Waals surface area contributed by atoms with Gasteiger partial charge < -0.3 is 9.47 Å². The van der Waals surface area contributed by atoms with Crippen LogP contribution in [0.5, 0.6) is 0 Å². The van der Waals surface area contributed by atoms with E-state index in [4.69, 9.17) is 9.47 Å². The van der Waals surface area contributed by atoms with Crippen LogP contribution in [-0.4, -0.2) is 26.4 Å². The van der Waals surface area contributed by atoms with Crippen molar-refractivity contribution in [2.45, 2.75) is 84.2 Å². The first-order valence-electron chi connectivity index (χ1n) is 7.95. The molecule has 0 aromatic rings. The minimum atomic E-state index is 0.470. The number of methoxy groups -OCH3 is 1. The Morgan fingerprint density at radius 3 is 2.06 bits per heavy atom. The molecule has 2 nitrogen and oxygen atoms in total. The molecule has 0 fully saturated rings. The van der Waals surface area contributed by atoms with Crippen molar-refractivity contribution in [1.82, 2.24) is 0 Å². The summed E-state index contributed by atoms with van der Waals surface area (Å²) in [5.41, 5.74) is 0. The first-order valence-corrected chi connectivity index (χ1v) is 7.95. The van der Waals surface area contributed by atoms with Crippen LogP contribution in [0.3, 0.4) is 0 Å². The van der Waals surface area contributed by atoms with Gasteiger partial charge in [0.2, 0.25) is 0 Å². The monoisotopic (exact) mass is 258 g/mol. The summed E-state index contributed by atoms with van der Waals surface area (Å²) < 4.78 is 10.9. The summed E-state index contributed by atoms with van der Waals surface area (Å²) in [6, 6.07) is 0. The van der Waals surface area contributed by atoms with E-state index in [9.17, 15) is 0 Å². The van der Waals surface area contributed by atoms with Gasteiger partial charge in [-0.25, -0.2) is 0 Å². The summed E-state index contributed by atoms with van der Waals surface area (Å²) in [6.45, 7) is 6.16. The third-order valence-corrected chi connectivity index (χ3v) is 3.43. The van der Waals surface area contributed by atoms with Gasteiger partial charge in [0.1, 0.15) is 0 Å². The van der Waals surface area contributed by atoms with Crippen molar-refractivity contribution in [3.63, 3.8) is 0 Å². The molecule has 0 spiro atoms. The highest BCUT2D eigenvalue weighted by atomic mass is 16.5. The van der Waals surface area contributed by atoms with Gasteiger partial charge in [0.15, 0.2) is 0 Å². The van der Waals surface area contributed by atoms with Crippen LogP contribution >= 0.6 is 0 Å². The molecule has 0 rings (SSSR count). The van der Waals surface area contributed by atoms with Crippen molar-refractivity contribution in [2.24, 2.45) is 0 Å². The van der Waals surface area contributed by atoms with Crippen LogP contribution in [0.25, 0.3) is 0 Å². The molecule has 0 aromatic heterocycles. The second kappa shape index (κ2) is 15.0. The Balaban J connectivity index is 3.27. The summed E-state index contributed by atoms with van der Waals surface area (Å²) >= 11 is 0. The van der Waals surface area contributed by atoms with E-state index in [-0.39, 0.29) is 0 Å². The molecule has 0 bridgehead atoms. The highest BCUT2D eigenvalue weighted by Crippen LogP contribution is 2.13. The van der Waals surface area contributed by atoms with E-state index >= 15 is 0 Å². The van der Waals surface area contributed by atoms with Gasteiger partial charge in [-0.3, -0.25) is 0 Å². The zero-order valence-corrected chi connectivity index (χ0v) is 12.9. The van der Waals surface area contributed by atoms with Crippen LogP contribution in [0.15, 0.2) is 0 Å². The molecular weight excluding hydrogens is 224 g/mol. The quantitative estimate of drug-likeness (QED) is 0.410. The Bertz CT molecular complexity index is 148. The smallest absolute Gasteiger partial charge is 0.0572 e. The third-order valence-electron chi connectivity index (χ3n) is 3.43. The largest absolute Gasteiger partial charge is 0.385 e. The molecule has 0 radical (unpaired) electrons. The van der Waals surface area contributed by atoms with Gasteiger partial charge in [0.25, 0.3) is 0 Å². The van der Waals surface area contributed by atoms with E-state index < -0.39 is 0 Å². The molecule has 0 aliphatic carbocycles. The van der Waals surface area contributed by atoms with Gasteiger partial charge in [0, 0.05) is 20.3 Å². The molecule has 0 aliphatic heterocycles. The minimum absolute atomic E-state index is 0.470. The molecule has 0 heterocycles. The summed E-state index contributed by atoms with van der Waals surface area (Å²) in [6.07, 6.45) is 13.5. The minimum Gasteiger partial charge on any atom is -0.385 e. The van der Waals surface area contributed by atoms with Crippen molar-refractivity contribution in [1.29, 1.82) is 0 Å². The number of rotatable bonds is 14. The molecule has 0 aromatic carbocycles. The van der Waals surface area contributed by atoms with Crippen LogP contribution < -0.4 is 0 Å². The summed E-state index contributed by atoms with van der Waals surface area (Å²) in [4.78, 5) is 0. The fourth-order valence-corrected chi connectivity index (χ4v) is 2.19. The highest BCUT2D eigenvalue weighted by molar-refractivity contribution is 4.56. The maximum absolute atomic E-state index is 5.86. The molecule has 1 unspecified atom stereocenters. The highest BCUT2D eigenvalue weighted by Gasteiger charge is 2.05.